The summed E-state index contributed by atoms with van der Waals surface area (Å²) in [6, 6.07) is 6.10. The number of carbonyl (C=O) groups is 1. The first-order valence-electron chi connectivity index (χ1n) is 5.67. The number of hydrogen-bond acceptors (Lipinski definition) is 6. The van der Waals surface area contributed by atoms with Crippen LogP contribution in [-0.4, -0.2) is 53.3 Å². The van der Waals surface area contributed by atoms with Crippen LogP contribution in [0.2, 0.25) is 0 Å². The Labute approximate surface area is 125 Å². The summed E-state index contributed by atoms with van der Waals surface area (Å²) in [5.41, 5.74) is -0.176. The molecule has 0 fully saturated rings. The molecule has 0 atom stereocenters. The molecule has 0 saturated carbocycles. The second-order valence-electron chi connectivity index (χ2n) is 4.16. The number of sulfonamides is 1. The Morgan fingerprint density at radius 1 is 1.29 bits per heavy atom. The topological polar surface area (TPSA) is 116 Å². The van der Waals surface area contributed by atoms with Crippen LogP contribution in [-0.2, 0) is 10.0 Å². The van der Waals surface area contributed by atoms with Crippen molar-refractivity contribution in [3.8, 4) is 0 Å². The molecule has 2 aromatic rings. The standard InChI is InChI=1S/C11H12N4O4S2/c1-15(2)21(18,19)8-5-3-7(4-6-8)20-10-9(11(16)17)12-14-13-10/h3-6H,1-2H3,(H,16,17)(H,12,13,14). The maximum absolute atomic E-state index is 11.9. The van der Waals surface area contributed by atoms with Crippen LogP contribution in [0.3, 0.4) is 0 Å². The lowest BCUT2D eigenvalue weighted by atomic mass is 10.4. The molecule has 21 heavy (non-hydrogen) atoms. The highest BCUT2D eigenvalue weighted by molar-refractivity contribution is 7.99. The molecular formula is C11H12N4O4S2. The molecule has 2 N–H and O–H groups in total. The minimum absolute atomic E-state index is 0.165. The Morgan fingerprint density at radius 2 is 1.90 bits per heavy atom. The van der Waals surface area contributed by atoms with Crippen molar-refractivity contribution in [3.63, 3.8) is 0 Å². The Bertz CT molecular complexity index is 753. The van der Waals surface area contributed by atoms with Crippen molar-refractivity contribution in [3.05, 3.63) is 30.0 Å². The van der Waals surface area contributed by atoms with Crippen LogP contribution in [0.1, 0.15) is 10.5 Å². The molecule has 8 nitrogen and oxygen atoms in total. The Balaban J connectivity index is 2.24. The Morgan fingerprint density at radius 3 is 2.43 bits per heavy atom. The Hall–Kier alpha value is -1.91. The van der Waals surface area contributed by atoms with E-state index in [9.17, 15) is 13.2 Å². The largest absolute Gasteiger partial charge is 0.476 e. The number of aromatic amines is 1. The van der Waals surface area contributed by atoms with Crippen LogP contribution < -0.4 is 0 Å². The summed E-state index contributed by atoms with van der Waals surface area (Å²) in [5, 5.41) is 18.6. The number of aromatic carboxylic acids is 1. The van der Waals surface area contributed by atoms with Gasteiger partial charge in [0.1, 0.15) is 5.03 Å². The maximum Gasteiger partial charge on any atom is 0.359 e. The van der Waals surface area contributed by atoms with Crippen LogP contribution in [0.4, 0.5) is 0 Å². The van der Waals surface area contributed by atoms with E-state index in [0.717, 1.165) is 16.1 Å². The summed E-state index contributed by atoms with van der Waals surface area (Å²) in [6.07, 6.45) is 0. The lowest BCUT2D eigenvalue weighted by molar-refractivity contribution is 0.0686. The fourth-order valence-electron chi connectivity index (χ4n) is 1.44. The van der Waals surface area contributed by atoms with E-state index in [0.29, 0.717) is 4.90 Å². The average molecular weight is 328 g/mol. The number of benzene rings is 1. The van der Waals surface area contributed by atoms with Gasteiger partial charge in [-0.15, -0.1) is 5.10 Å². The fourth-order valence-corrected chi connectivity index (χ4v) is 3.16. The van der Waals surface area contributed by atoms with Crippen molar-refractivity contribution in [2.24, 2.45) is 0 Å². The maximum atomic E-state index is 11.9. The van der Waals surface area contributed by atoms with Gasteiger partial charge in [0.05, 0.1) is 4.90 Å². The summed E-state index contributed by atoms with van der Waals surface area (Å²) in [5.74, 6) is -1.18. The van der Waals surface area contributed by atoms with E-state index in [1.54, 1.807) is 12.1 Å². The van der Waals surface area contributed by atoms with Crippen molar-refractivity contribution >= 4 is 27.8 Å². The van der Waals surface area contributed by atoms with Gasteiger partial charge in [0.25, 0.3) is 0 Å². The molecular weight excluding hydrogens is 316 g/mol. The van der Waals surface area contributed by atoms with Gasteiger partial charge in [0, 0.05) is 19.0 Å². The van der Waals surface area contributed by atoms with Crippen molar-refractivity contribution in [1.29, 1.82) is 0 Å². The van der Waals surface area contributed by atoms with Crippen molar-refractivity contribution < 1.29 is 18.3 Å². The van der Waals surface area contributed by atoms with Gasteiger partial charge in [0.2, 0.25) is 15.7 Å². The van der Waals surface area contributed by atoms with Gasteiger partial charge in [0.15, 0.2) is 0 Å². The van der Waals surface area contributed by atoms with Crippen molar-refractivity contribution in [2.45, 2.75) is 14.8 Å². The third-order valence-corrected chi connectivity index (χ3v) is 5.37. The zero-order valence-corrected chi connectivity index (χ0v) is 12.8. The highest BCUT2D eigenvalue weighted by Crippen LogP contribution is 2.28. The molecule has 1 heterocycles. The number of hydrogen-bond donors (Lipinski definition) is 2. The highest BCUT2D eigenvalue weighted by atomic mass is 32.2. The van der Waals surface area contributed by atoms with E-state index < -0.39 is 16.0 Å². The zero-order valence-electron chi connectivity index (χ0n) is 11.1. The molecule has 0 saturated heterocycles. The summed E-state index contributed by atoms with van der Waals surface area (Å²) in [7, 11) is -0.576. The average Bonchev–Trinajstić information content (AvgIpc) is 2.87. The third kappa shape index (κ3) is 3.23. The van der Waals surface area contributed by atoms with Gasteiger partial charge in [-0.05, 0) is 24.3 Å². The second kappa shape index (κ2) is 5.84. The summed E-state index contributed by atoms with van der Waals surface area (Å²) >= 11 is 1.11. The number of carboxylic acids is 1. The normalized spacial score (nSPS) is 11.8. The first-order valence-corrected chi connectivity index (χ1v) is 7.93. The molecule has 0 radical (unpaired) electrons. The summed E-state index contributed by atoms with van der Waals surface area (Å²) in [4.78, 5) is 11.7. The molecule has 0 amide bonds. The molecule has 1 aromatic carbocycles. The lowest BCUT2D eigenvalue weighted by Gasteiger charge is -2.11. The van der Waals surface area contributed by atoms with Crippen molar-refractivity contribution in [2.75, 3.05) is 14.1 Å². The first-order chi connectivity index (χ1) is 9.82. The fraction of sp³-hybridized carbons (Fsp3) is 0.182. The minimum atomic E-state index is -3.48. The predicted molar refractivity (Wildman–Crippen MR) is 74.8 cm³/mol. The van der Waals surface area contributed by atoms with Gasteiger partial charge in [-0.2, -0.15) is 0 Å². The molecule has 1 aromatic heterocycles. The monoisotopic (exact) mass is 328 g/mol. The van der Waals surface area contributed by atoms with Gasteiger partial charge >= 0.3 is 5.97 Å². The zero-order chi connectivity index (χ0) is 15.6. The number of rotatable bonds is 5. The van der Waals surface area contributed by atoms with Crippen LogP contribution in [0, 0.1) is 0 Å². The minimum Gasteiger partial charge on any atom is -0.476 e. The van der Waals surface area contributed by atoms with E-state index in [4.69, 9.17) is 5.11 Å². The first kappa shape index (κ1) is 15.5. The molecule has 2 rings (SSSR count). The number of H-pyrrole nitrogens is 1. The molecule has 0 aliphatic heterocycles. The van der Waals surface area contributed by atoms with E-state index >= 15 is 0 Å². The van der Waals surface area contributed by atoms with Gasteiger partial charge in [-0.1, -0.05) is 17.0 Å². The quantitative estimate of drug-likeness (QED) is 0.837. The van der Waals surface area contributed by atoms with E-state index in [1.807, 2.05) is 0 Å². The summed E-state index contributed by atoms with van der Waals surface area (Å²) in [6.45, 7) is 0. The van der Waals surface area contributed by atoms with E-state index in [1.165, 1.54) is 26.2 Å². The second-order valence-corrected chi connectivity index (χ2v) is 7.39. The summed E-state index contributed by atoms with van der Waals surface area (Å²) < 4.78 is 25.0. The SMILES string of the molecule is CN(C)S(=O)(=O)c1ccc(Sc2[nH]nnc2C(=O)O)cc1. The Kier molecular flexibility index (Phi) is 4.30. The van der Waals surface area contributed by atoms with Gasteiger partial charge in [-0.25, -0.2) is 17.5 Å². The number of carboxylic acid groups (broad SMARTS) is 1. The van der Waals surface area contributed by atoms with Crippen molar-refractivity contribution in [1.82, 2.24) is 19.7 Å². The van der Waals surface area contributed by atoms with Gasteiger partial charge in [-0.3, -0.25) is 5.10 Å². The van der Waals surface area contributed by atoms with E-state index in [2.05, 4.69) is 15.4 Å². The van der Waals surface area contributed by atoms with Crippen LogP contribution >= 0.6 is 11.8 Å². The van der Waals surface area contributed by atoms with Crippen LogP contribution in [0.5, 0.6) is 0 Å². The predicted octanol–water partition coefficient (Wildman–Crippen LogP) is 0.904. The number of nitrogens with zero attached hydrogens (tertiary/aromatic N) is 3. The smallest absolute Gasteiger partial charge is 0.359 e. The number of aromatic nitrogens is 3. The molecule has 0 bridgehead atoms. The molecule has 0 aliphatic carbocycles. The van der Waals surface area contributed by atoms with Gasteiger partial charge < -0.3 is 5.11 Å². The van der Waals surface area contributed by atoms with Crippen LogP contribution in [0.25, 0.3) is 0 Å². The molecule has 0 spiro atoms. The molecule has 10 heteroatoms. The molecule has 112 valence electrons. The van der Waals surface area contributed by atoms with Crippen LogP contribution in [0.15, 0.2) is 39.1 Å². The molecule has 0 unspecified atom stereocenters. The number of nitrogens with one attached hydrogen (secondary N) is 1. The highest BCUT2D eigenvalue weighted by Gasteiger charge is 2.18. The molecule has 0 aliphatic rings. The van der Waals surface area contributed by atoms with E-state index in [-0.39, 0.29) is 15.6 Å². The lowest BCUT2D eigenvalue weighted by Crippen LogP contribution is -2.22. The third-order valence-electron chi connectivity index (χ3n) is 2.54.